The summed E-state index contributed by atoms with van der Waals surface area (Å²) < 4.78 is 5.37. The highest BCUT2D eigenvalue weighted by molar-refractivity contribution is 7.09. The van der Waals surface area contributed by atoms with E-state index in [1.54, 1.807) is 11.9 Å². The number of carbonyl (C=O) groups excluding carboxylic acids is 2. The molecule has 3 rings (SSSR count). The summed E-state index contributed by atoms with van der Waals surface area (Å²) in [6, 6.07) is 8.51. The predicted octanol–water partition coefficient (Wildman–Crippen LogP) is 5.09. The fraction of sp³-hybridized carbons (Fsp3) is 0.542. The van der Waals surface area contributed by atoms with Gasteiger partial charge < -0.3 is 14.5 Å². The number of hydrogen-bond acceptors (Lipinski definition) is 5. The monoisotopic (exact) mass is 443 g/mol. The van der Waals surface area contributed by atoms with Gasteiger partial charge in [-0.05, 0) is 57.6 Å². The molecule has 2 aromatic rings. The standard InChI is InChI=1S/C24H33N3O3S/c1-24(2,3)30-23(29)26(4)15-9-14-21-25-19(16-31-21)22(28)27(5)20-13-8-11-17-10-6-7-12-18(17)20/h6-7,10,12,16,20H,8-9,11,13-15H2,1-5H3/t20-/m1/s1. The second-order valence-corrected chi connectivity index (χ2v) is 10.1. The number of benzene rings is 1. The van der Waals surface area contributed by atoms with E-state index in [2.05, 4.69) is 23.2 Å². The van der Waals surface area contributed by atoms with E-state index < -0.39 is 5.60 Å². The summed E-state index contributed by atoms with van der Waals surface area (Å²) in [6.45, 7) is 6.15. The van der Waals surface area contributed by atoms with Gasteiger partial charge in [0.1, 0.15) is 11.3 Å². The van der Waals surface area contributed by atoms with Crippen LogP contribution in [0.25, 0.3) is 0 Å². The number of hydrogen-bond donors (Lipinski definition) is 0. The van der Waals surface area contributed by atoms with Crippen molar-refractivity contribution in [2.75, 3.05) is 20.6 Å². The molecule has 6 nitrogen and oxygen atoms in total. The number of rotatable bonds is 6. The molecule has 1 heterocycles. The molecular formula is C24H33N3O3S. The molecule has 1 aromatic heterocycles. The van der Waals surface area contributed by atoms with E-state index in [0.29, 0.717) is 12.2 Å². The number of ether oxygens (including phenoxy) is 1. The Labute approximate surface area is 189 Å². The van der Waals surface area contributed by atoms with Crippen molar-refractivity contribution in [1.29, 1.82) is 0 Å². The molecule has 31 heavy (non-hydrogen) atoms. The Hall–Kier alpha value is -2.41. The predicted molar refractivity (Wildman–Crippen MR) is 124 cm³/mol. The third kappa shape index (κ3) is 6.06. The van der Waals surface area contributed by atoms with Gasteiger partial charge in [0.05, 0.1) is 11.0 Å². The first-order valence-electron chi connectivity index (χ1n) is 10.9. The quantitative estimate of drug-likeness (QED) is 0.624. The van der Waals surface area contributed by atoms with Crippen molar-refractivity contribution in [2.45, 2.75) is 64.5 Å². The van der Waals surface area contributed by atoms with Crippen LogP contribution in [0.5, 0.6) is 0 Å². The minimum atomic E-state index is -0.499. The van der Waals surface area contributed by atoms with E-state index in [1.807, 2.05) is 44.2 Å². The van der Waals surface area contributed by atoms with Gasteiger partial charge >= 0.3 is 6.09 Å². The smallest absolute Gasteiger partial charge is 0.410 e. The summed E-state index contributed by atoms with van der Waals surface area (Å²) in [4.78, 5) is 33.1. The maximum absolute atomic E-state index is 13.1. The van der Waals surface area contributed by atoms with Crippen molar-refractivity contribution in [3.8, 4) is 0 Å². The molecule has 1 aromatic carbocycles. The highest BCUT2D eigenvalue weighted by atomic mass is 32.1. The zero-order chi connectivity index (χ0) is 22.6. The lowest BCUT2D eigenvalue weighted by atomic mass is 9.87. The SMILES string of the molecule is CN(CCCc1nc(C(=O)N(C)[C@@H]2CCCc3ccccc32)cs1)C(=O)OC(C)(C)C. The number of fused-ring (bicyclic) bond motifs is 1. The van der Waals surface area contributed by atoms with Crippen LogP contribution in [-0.4, -0.2) is 53.0 Å². The Kier molecular flexibility index (Phi) is 7.36. The van der Waals surface area contributed by atoms with Crippen LogP contribution in [0.2, 0.25) is 0 Å². The second-order valence-electron chi connectivity index (χ2n) is 9.15. The fourth-order valence-corrected chi connectivity index (χ4v) is 4.69. The topological polar surface area (TPSA) is 62.7 Å². The second kappa shape index (κ2) is 9.81. The van der Waals surface area contributed by atoms with Crippen LogP contribution < -0.4 is 0 Å². The third-order valence-electron chi connectivity index (χ3n) is 5.49. The van der Waals surface area contributed by atoms with E-state index in [4.69, 9.17) is 4.74 Å². The lowest BCUT2D eigenvalue weighted by Gasteiger charge is -2.33. The van der Waals surface area contributed by atoms with Crippen molar-refractivity contribution in [2.24, 2.45) is 0 Å². The van der Waals surface area contributed by atoms with Crippen LogP contribution in [0.1, 0.15) is 72.7 Å². The van der Waals surface area contributed by atoms with Crippen LogP contribution in [0.15, 0.2) is 29.6 Å². The van der Waals surface area contributed by atoms with Crippen molar-refractivity contribution < 1.29 is 14.3 Å². The zero-order valence-corrected chi connectivity index (χ0v) is 20.0. The third-order valence-corrected chi connectivity index (χ3v) is 6.39. The molecule has 0 saturated carbocycles. The van der Waals surface area contributed by atoms with Gasteiger partial charge in [-0.25, -0.2) is 9.78 Å². The molecule has 0 unspecified atom stereocenters. The normalized spacial score (nSPS) is 15.8. The lowest BCUT2D eigenvalue weighted by Crippen LogP contribution is -2.34. The minimum Gasteiger partial charge on any atom is -0.444 e. The molecule has 1 aliphatic carbocycles. The van der Waals surface area contributed by atoms with Gasteiger partial charge in [-0.1, -0.05) is 24.3 Å². The Bertz CT molecular complexity index is 919. The lowest BCUT2D eigenvalue weighted by molar-refractivity contribution is 0.0297. The maximum Gasteiger partial charge on any atom is 0.410 e. The largest absolute Gasteiger partial charge is 0.444 e. The van der Waals surface area contributed by atoms with Crippen LogP contribution in [-0.2, 0) is 17.6 Å². The first-order valence-corrected chi connectivity index (χ1v) is 11.8. The maximum atomic E-state index is 13.1. The molecular weight excluding hydrogens is 410 g/mol. The molecule has 0 N–H and O–H groups in total. The summed E-state index contributed by atoms with van der Waals surface area (Å²) >= 11 is 1.50. The summed E-state index contributed by atoms with van der Waals surface area (Å²) in [6.07, 6.45) is 4.31. The number of thiazole rings is 1. The molecule has 0 fully saturated rings. The highest BCUT2D eigenvalue weighted by Crippen LogP contribution is 2.34. The Morgan fingerprint density at radius 1 is 1.23 bits per heavy atom. The van der Waals surface area contributed by atoms with E-state index in [9.17, 15) is 9.59 Å². The van der Waals surface area contributed by atoms with Gasteiger partial charge in [-0.3, -0.25) is 4.79 Å². The molecule has 7 heteroatoms. The van der Waals surface area contributed by atoms with Gasteiger partial charge in [0.2, 0.25) is 0 Å². The molecule has 0 bridgehead atoms. The molecule has 1 aliphatic rings. The Morgan fingerprint density at radius 2 is 1.97 bits per heavy atom. The molecule has 0 radical (unpaired) electrons. The van der Waals surface area contributed by atoms with Gasteiger partial charge in [0.25, 0.3) is 5.91 Å². The van der Waals surface area contributed by atoms with Gasteiger partial charge in [-0.2, -0.15) is 0 Å². The van der Waals surface area contributed by atoms with Crippen LogP contribution >= 0.6 is 11.3 Å². The molecule has 0 spiro atoms. The number of aromatic nitrogens is 1. The molecule has 0 aliphatic heterocycles. The average Bonchev–Trinajstić information content (AvgIpc) is 3.19. The number of carbonyl (C=O) groups is 2. The summed E-state index contributed by atoms with van der Waals surface area (Å²) in [7, 11) is 3.62. The van der Waals surface area contributed by atoms with Crippen LogP contribution in [0.4, 0.5) is 4.79 Å². The summed E-state index contributed by atoms with van der Waals surface area (Å²) in [5.41, 5.74) is 2.60. The van der Waals surface area contributed by atoms with Gasteiger partial charge in [0, 0.05) is 32.4 Å². The minimum absolute atomic E-state index is 0.0323. The Morgan fingerprint density at radius 3 is 2.71 bits per heavy atom. The van der Waals surface area contributed by atoms with E-state index >= 15 is 0 Å². The zero-order valence-electron chi connectivity index (χ0n) is 19.2. The number of amides is 2. The van der Waals surface area contributed by atoms with E-state index in [0.717, 1.165) is 37.1 Å². The number of nitrogens with zero attached hydrogens (tertiary/aromatic N) is 3. The molecule has 168 valence electrons. The van der Waals surface area contributed by atoms with Crippen LogP contribution in [0.3, 0.4) is 0 Å². The fourth-order valence-electron chi connectivity index (χ4n) is 3.88. The summed E-state index contributed by atoms with van der Waals surface area (Å²) in [5, 5.41) is 2.76. The Balaban J connectivity index is 1.55. The van der Waals surface area contributed by atoms with Gasteiger partial charge in [-0.15, -0.1) is 11.3 Å². The van der Waals surface area contributed by atoms with E-state index in [-0.39, 0.29) is 18.0 Å². The first-order chi connectivity index (χ1) is 14.7. The van der Waals surface area contributed by atoms with Crippen molar-refractivity contribution in [1.82, 2.24) is 14.8 Å². The number of aryl methyl sites for hydroxylation is 2. The first kappa shape index (κ1) is 23.3. The molecule has 0 saturated heterocycles. The van der Waals surface area contributed by atoms with E-state index in [1.165, 1.54) is 22.5 Å². The van der Waals surface area contributed by atoms with Crippen molar-refractivity contribution in [3.63, 3.8) is 0 Å². The molecule has 1 atom stereocenters. The van der Waals surface area contributed by atoms with Crippen molar-refractivity contribution in [3.05, 3.63) is 51.5 Å². The average molecular weight is 444 g/mol. The molecule has 2 amide bonds. The van der Waals surface area contributed by atoms with Crippen molar-refractivity contribution >= 4 is 23.3 Å². The highest BCUT2D eigenvalue weighted by Gasteiger charge is 2.28. The van der Waals surface area contributed by atoms with Crippen LogP contribution in [0, 0.1) is 0 Å². The summed E-state index contributed by atoms with van der Waals surface area (Å²) in [5.74, 6) is -0.0323. The van der Waals surface area contributed by atoms with Gasteiger partial charge in [0.15, 0.2) is 0 Å².